The van der Waals surface area contributed by atoms with E-state index in [0.717, 1.165) is 0 Å². The van der Waals surface area contributed by atoms with Gasteiger partial charge in [0.15, 0.2) is 0 Å². The van der Waals surface area contributed by atoms with E-state index in [-0.39, 0.29) is 11.5 Å². The SMILES string of the molecule is C=CC1([C@H](NC(=O)OC(C)(C)C)C(=O)O)CS(O)(O)C1. The molecule has 116 valence electrons. The predicted octanol–water partition coefficient (Wildman–Crippen LogP) is 1.90. The molecule has 1 aliphatic rings. The van der Waals surface area contributed by atoms with Gasteiger partial charge in [-0.05, 0) is 20.8 Å². The van der Waals surface area contributed by atoms with E-state index >= 15 is 0 Å². The van der Waals surface area contributed by atoms with Gasteiger partial charge in [-0.2, -0.15) is 10.6 Å². The average Bonchev–Trinajstić information content (AvgIpc) is 2.19. The second kappa shape index (κ2) is 5.27. The highest BCUT2D eigenvalue weighted by Crippen LogP contribution is 2.60. The van der Waals surface area contributed by atoms with Crippen LogP contribution in [0.5, 0.6) is 0 Å². The van der Waals surface area contributed by atoms with Crippen molar-refractivity contribution in [2.45, 2.75) is 32.4 Å². The lowest BCUT2D eigenvalue weighted by molar-refractivity contribution is -0.141. The molecule has 0 aliphatic carbocycles. The van der Waals surface area contributed by atoms with E-state index in [4.69, 9.17) is 4.74 Å². The molecular weight excluding hydrogens is 286 g/mol. The van der Waals surface area contributed by atoms with Crippen molar-refractivity contribution in [3.8, 4) is 0 Å². The van der Waals surface area contributed by atoms with Gasteiger partial charge in [0.1, 0.15) is 11.6 Å². The first-order chi connectivity index (χ1) is 8.91. The number of hydrogen-bond donors (Lipinski definition) is 4. The summed E-state index contributed by atoms with van der Waals surface area (Å²) in [7, 11) is -2.78. The number of nitrogens with one attached hydrogen (secondary N) is 1. The third-order valence-electron chi connectivity index (χ3n) is 2.89. The Kier molecular flexibility index (Phi) is 4.42. The molecule has 1 aliphatic heterocycles. The van der Waals surface area contributed by atoms with E-state index in [1.807, 2.05) is 0 Å². The van der Waals surface area contributed by atoms with Gasteiger partial charge in [-0.25, -0.2) is 9.59 Å². The van der Waals surface area contributed by atoms with Crippen LogP contribution in [0.15, 0.2) is 12.7 Å². The summed E-state index contributed by atoms with van der Waals surface area (Å²) in [6.45, 7) is 8.52. The Hall–Kier alpha value is -1.25. The second-order valence-corrected chi connectivity index (χ2v) is 8.13. The zero-order chi connectivity index (χ0) is 15.8. The Labute approximate surface area is 119 Å². The molecule has 20 heavy (non-hydrogen) atoms. The molecule has 0 saturated carbocycles. The molecule has 8 heteroatoms. The van der Waals surface area contributed by atoms with Gasteiger partial charge in [0, 0.05) is 0 Å². The minimum Gasteiger partial charge on any atom is -0.480 e. The smallest absolute Gasteiger partial charge is 0.408 e. The molecule has 1 saturated heterocycles. The number of alkyl carbamates (subject to hydrolysis) is 1. The summed E-state index contributed by atoms with van der Waals surface area (Å²) in [4.78, 5) is 23.0. The number of carboxylic acids is 1. The van der Waals surface area contributed by atoms with Gasteiger partial charge in [0.05, 0.1) is 16.9 Å². The Morgan fingerprint density at radius 1 is 1.40 bits per heavy atom. The molecule has 0 bridgehead atoms. The third kappa shape index (κ3) is 3.87. The van der Waals surface area contributed by atoms with E-state index in [1.165, 1.54) is 6.08 Å². The van der Waals surface area contributed by atoms with Crippen LogP contribution in [-0.4, -0.2) is 49.4 Å². The van der Waals surface area contributed by atoms with Gasteiger partial charge in [-0.3, -0.25) is 9.11 Å². The quantitative estimate of drug-likeness (QED) is 0.589. The van der Waals surface area contributed by atoms with Gasteiger partial charge >= 0.3 is 12.1 Å². The molecule has 1 fully saturated rings. The highest BCUT2D eigenvalue weighted by Gasteiger charge is 2.55. The number of hydrogen-bond acceptors (Lipinski definition) is 5. The summed E-state index contributed by atoms with van der Waals surface area (Å²) in [5.74, 6) is -1.53. The van der Waals surface area contributed by atoms with Crippen LogP contribution in [0.2, 0.25) is 0 Å². The van der Waals surface area contributed by atoms with Crippen molar-refractivity contribution in [3.63, 3.8) is 0 Å². The minimum atomic E-state index is -2.78. The molecular formula is C12H21NO6S. The fourth-order valence-electron chi connectivity index (χ4n) is 2.10. The van der Waals surface area contributed by atoms with Crippen LogP contribution in [0.3, 0.4) is 0 Å². The van der Waals surface area contributed by atoms with Crippen molar-refractivity contribution >= 4 is 22.7 Å². The molecule has 7 nitrogen and oxygen atoms in total. The lowest BCUT2D eigenvalue weighted by Gasteiger charge is -2.56. The van der Waals surface area contributed by atoms with Crippen LogP contribution in [0.4, 0.5) is 4.79 Å². The van der Waals surface area contributed by atoms with Crippen molar-refractivity contribution in [2.24, 2.45) is 5.41 Å². The number of ether oxygens (including phenoxy) is 1. The first kappa shape index (κ1) is 16.8. The molecule has 4 N–H and O–H groups in total. The van der Waals surface area contributed by atoms with Crippen molar-refractivity contribution in [1.29, 1.82) is 0 Å². The fourth-order valence-corrected chi connectivity index (χ4v) is 4.30. The molecule has 0 unspecified atom stereocenters. The molecule has 1 rings (SSSR count). The minimum absolute atomic E-state index is 0.129. The third-order valence-corrected chi connectivity index (χ3v) is 4.89. The maximum Gasteiger partial charge on any atom is 0.408 e. The number of amides is 1. The summed E-state index contributed by atoms with van der Waals surface area (Å²) < 4.78 is 24.0. The first-order valence-corrected chi connectivity index (χ1v) is 7.89. The summed E-state index contributed by atoms with van der Waals surface area (Å²) >= 11 is 0. The first-order valence-electron chi connectivity index (χ1n) is 6.00. The van der Waals surface area contributed by atoms with Gasteiger partial charge in [0.25, 0.3) is 0 Å². The van der Waals surface area contributed by atoms with E-state index in [1.54, 1.807) is 20.8 Å². The number of rotatable bonds is 4. The van der Waals surface area contributed by atoms with E-state index < -0.39 is 39.7 Å². The highest BCUT2D eigenvalue weighted by atomic mass is 32.3. The molecule has 1 atom stereocenters. The lowest BCUT2D eigenvalue weighted by Crippen LogP contribution is -2.61. The molecule has 1 heterocycles. The standard InChI is InChI=1S/C12H21NO6S/c1-5-12(6-20(17,18)7-12)8(9(14)15)13-10(16)19-11(2,3)4/h5,8,17-18H,1,6-7H2,2-4H3,(H,13,16)(H,14,15)/t8-/m1/s1. The van der Waals surface area contributed by atoms with Crippen LogP contribution in [0.25, 0.3) is 0 Å². The molecule has 0 radical (unpaired) electrons. The Balaban J connectivity index is 2.83. The lowest BCUT2D eigenvalue weighted by atomic mass is 9.83. The van der Waals surface area contributed by atoms with Crippen LogP contribution in [0.1, 0.15) is 20.8 Å². The summed E-state index contributed by atoms with van der Waals surface area (Å²) in [5, 5.41) is 11.5. The summed E-state index contributed by atoms with van der Waals surface area (Å²) in [5.41, 5.74) is -1.82. The highest BCUT2D eigenvalue weighted by molar-refractivity contribution is 8.25. The maximum absolute atomic E-state index is 11.7. The van der Waals surface area contributed by atoms with Gasteiger partial charge in [0.2, 0.25) is 0 Å². The van der Waals surface area contributed by atoms with Crippen molar-refractivity contribution < 1.29 is 28.5 Å². The summed E-state index contributed by atoms with van der Waals surface area (Å²) in [6.07, 6.45) is 0.482. The zero-order valence-corrected chi connectivity index (χ0v) is 12.6. The topological polar surface area (TPSA) is 116 Å². The molecule has 0 aromatic rings. The van der Waals surface area contributed by atoms with Crippen molar-refractivity contribution in [1.82, 2.24) is 5.32 Å². The number of carbonyl (C=O) groups excluding carboxylic acids is 1. The Morgan fingerprint density at radius 2 is 1.90 bits per heavy atom. The van der Waals surface area contributed by atoms with Crippen LogP contribution in [0, 0.1) is 5.41 Å². The molecule has 0 aromatic carbocycles. The summed E-state index contributed by atoms with van der Waals surface area (Å²) in [6, 6.07) is -1.31. The Morgan fingerprint density at radius 3 is 2.20 bits per heavy atom. The van der Waals surface area contributed by atoms with E-state index in [2.05, 4.69) is 11.9 Å². The number of carboxylic acid groups (broad SMARTS) is 1. The molecule has 1 amide bonds. The second-order valence-electron chi connectivity index (χ2n) is 5.95. The van der Waals surface area contributed by atoms with Crippen LogP contribution in [-0.2, 0) is 9.53 Å². The Bertz CT molecular complexity index is 420. The molecule has 0 spiro atoms. The number of aliphatic carboxylic acids is 1. The fraction of sp³-hybridized carbons (Fsp3) is 0.667. The predicted molar refractivity (Wildman–Crippen MR) is 76.0 cm³/mol. The molecule has 0 aromatic heterocycles. The normalized spacial score (nSPS) is 22.9. The van der Waals surface area contributed by atoms with E-state index in [9.17, 15) is 23.8 Å². The van der Waals surface area contributed by atoms with Crippen molar-refractivity contribution in [3.05, 3.63) is 12.7 Å². The van der Waals surface area contributed by atoms with Gasteiger partial charge in [-0.15, -0.1) is 6.58 Å². The van der Waals surface area contributed by atoms with Crippen LogP contribution < -0.4 is 5.32 Å². The van der Waals surface area contributed by atoms with Crippen molar-refractivity contribution in [2.75, 3.05) is 11.5 Å². The maximum atomic E-state index is 11.7. The monoisotopic (exact) mass is 307 g/mol. The van der Waals surface area contributed by atoms with Gasteiger partial charge in [-0.1, -0.05) is 6.08 Å². The van der Waals surface area contributed by atoms with E-state index in [0.29, 0.717) is 0 Å². The zero-order valence-electron chi connectivity index (χ0n) is 11.8. The number of carbonyl (C=O) groups is 2. The van der Waals surface area contributed by atoms with Gasteiger partial charge < -0.3 is 15.2 Å². The largest absolute Gasteiger partial charge is 0.480 e. The van der Waals surface area contributed by atoms with Crippen LogP contribution >= 0.6 is 10.6 Å². The average molecular weight is 307 g/mol.